The first-order valence-corrected chi connectivity index (χ1v) is 5.82. The van der Waals surface area contributed by atoms with E-state index in [4.69, 9.17) is 10.5 Å². The fraction of sp³-hybridized carbons (Fsp3) is 0.462. The van der Waals surface area contributed by atoms with Gasteiger partial charge in [-0.15, -0.1) is 0 Å². The molecule has 0 heterocycles. The topological polar surface area (TPSA) is 75.8 Å². The van der Waals surface area contributed by atoms with Crippen LogP contribution in [0.1, 0.15) is 23.7 Å². The molecule has 0 radical (unpaired) electrons. The van der Waals surface area contributed by atoms with Crippen LogP contribution in [0.2, 0.25) is 0 Å². The van der Waals surface area contributed by atoms with E-state index in [0.29, 0.717) is 30.0 Å². The molecule has 5 heteroatoms. The largest absolute Gasteiger partial charge is 0.497 e. The normalized spacial score (nSPS) is 12.0. The summed E-state index contributed by atoms with van der Waals surface area (Å²) >= 11 is 0. The molecule has 0 saturated heterocycles. The van der Waals surface area contributed by atoms with E-state index in [1.165, 1.54) is 7.11 Å². The van der Waals surface area contributed by atoms with Gasteiger partial charge in [0.25, 0.3) is 5.91 Å². The summed E-state index contributed by atoms with van der Waals surface area (Å²) in [7, 11) is 3.22. The number of hydrogen-bond donors (Lipinski definition) is 2. The summed E-state index contributed by atoms with van der Waals surface area (Å²) in [6.45, 7) is 2.19. The van der Waals surface area contributed by atoms with Gasteiger partial charge < -0.3 is 20.5 Å². The molecular formula is C13H20N2O3. The van der Waals surface area contributed by atoms with Crippen molar-refractivity contribution in [3.05, 3.63) is 23.8 Å². The minimum Gasteiger partial charge on any atom is -0.497 e. The number of hydrogen-bond acceptors (Lipinski definition) is 4. The number of nitrogen functional groups attached to an aromatic ring is 1. The van der Waals surface area contributed by atoms with Crippen LogP contribution in [0.4, 0.5) is 5.69 Å². The maximum Gasteiger partial charge on any atom is 0.253 e. The molecular weight excluding hydrogens is 232 g/mol. The molecule has 1 unspecified atom stereocenters. The number of methoxy groups -OCH3 is 1. The summed E-state index contributed by atoms with van der Waals surface area (Å²) in [5.74, 6) is 0.420. The zero-order valence-corrected chi connectivity index (χ0v) is 11.0. The molecule has 18 heavy (non-hydrogen) atoms. The molecule has 0 spiro atoms. The van der Waals surface area contributed by atoms with Crippen molar-refractivity contribution in [1.82, 2.24) is 4.90 Å². The van der Waals surface area contributed by atoms with E-state index in [9.17, 15) is 9.90 Å². The van der Waals surface area contributed by atoms with E-state index in [1.54, 1.807) is 37.1 Å². The molecule has 1 atom stereocenters. The number of rotatable bonds is 5. The van der Waals surface area contributed by atoms with Crippen molar-refractivity contribution < 1.29 is 14.6 Å². The average molecular weight is 252 g/mol. The Labute approximate surface area is 107 Å². The lowest BCUT2D eigenvalue weighted by molar-refractivity contribution is 0.0768. The third kappa shape index (κ3) is 3.92. The second-order valence-corrected chi connectivity index (χ2v) is 4.36. The first-order valence-electron chi connectivity index (χ1n) is 5.82. The number of carbonyl (C=O) groups is 1. The highest BCUT2D eigenvalue weighted by Crippen LogP contribution is 2.19. The van der Waals surface area contributed by atoms with Crippen LogP contribution in [-0.4, -0.2) is 42.7 Å². The van der Waals surface area contributed by atoms with E-state index in [2.05, 4.69) is 0 Å². The molecule has 0 saturated carbocycles. The molecule has 5 nitrogen and oxygen atoms in total. The lowest BCUT2D eigenvalue weighted by atomic mass is 10.1. The third-order valence-corrected chi connectivity index (χ3v) is 2.64. The zero-order chi connectivity index (χ0) is 13.7. The molecule has 0 aliphatic carbocycles. The summed E-state index contributed by atoms with van der Waals surface area (Å²) < 4.78 is 5.07. The van der Waals surface area contributed by atoms with Gasteiger partial charge in [-0.05, 0) is 25.5 Å². The molecule has 0 bridgehead atoms. The highest BCUT2D eigenvalue weighted by atomic mass is 16.5. The molecule has 3 N–H and O–H groups in total. The third-order valence-electron chi connectivity index (χ3n) is 2.64. The summed E-state index contributed by atoms with van der Waals surface area (Å²) in [6, 6.07) is 4.92. The van der Waals surface area contributed by atoms with Gasteiger partial charge in [0.2, 0.25) is 0 Å². The molecule has 1 aromatic carbocycles. The smallest absolute Gasteiger partial charge is 0.253 e. The summed E-state index contributed by atoms with van der Waals surface area (Å²) in [5, 5.41) is 9.20. The Kier molecular flexibility index (Phi) is 4.97. The molecule has 1 rings (SSSR count). The van der Waals surface area contributed by atoms with Gasteiger partial charge in [-0.25, -0.2) is 0 Å². The van der Waals surface area contributed by atoms with Crippen molar-refractivity contribution in [2.45, 2.75) is 19.4 Å². The molecule has 0 aliphatic heterocycles. The van der Waals surface area contributed by atoms with Gasteiger partial charge in [0.1, 0.15) is 5.75 Å². The van der Waals surface area contributed by atoms with E-state index in [-0.39, 0.29) is 5.91 Å². The fourth-order valence-electron chi connectivity index (χ4n) is 1.57. The van der Waals surface area contributed by atoms with Crippen LogP contribution in [0, 0.1) is 0 Å². The Morgan fingerprint density at radius 2 is 2.17 bits per heavy atom. The number of ether oxygens (including phenoxy) is 1. The van der Waals surface area contributed by atoms with Gasteiger partial charge in [-0.3, -0.25) is 4.79 Å². The molecule has 0 aromatic heterocycles. The van der Waals surface area contributed by atoms with E-state index < -0.39 is 6.10 Å². The first-order chi connectivity index (χ1) is 8.43. The quantitative estimate of drug-likeness (QED) is 0.770. The van der Waals surface area contributed by atoms with Crippen molar-refractivity contribution in [3.63, 3.8) is 0 Å². The van der Waals surface area contributed by atoms with Gasteiger partial charge in [0.15, 0.2) is 0 Å². The minimum atomic E-state index is -0.421. The second kappa shape index (κ2) is 6.26. The van der Waals surface area contributed by atoms with Gasteiger partial charge >= 0.3 is 0 Å². The van der Waals surface area contributed by atoms with Gasteiger partial charge in [0, 0.05) is 30.9 Å². The van der Waals surface area contributed by atoms with Crippen molar-refractivity contribution in [2.75, 3.05) is 26.4 Å². The number of aliphatic hydroxyl groups excluding tert-OH is 1. The zero-order valence-electron chi connectivity index (χ0n) is 11.0. The van der Waals surface area contributed by atoms with E-state index >= 15 is 0 Å². The Balaban J connectivity index is 2.79. The molecule has 0 aliphatic rings. The Bertz CT molecular complexity index is 419. The van der Waals surface area contributed by atoms with E-state index in [0.717, 1.165) is 0 Å². The predicted molar refractivity (Wildman–Crippen MR) is 70.7 cm³/mol. The Morgan fingerprint density at radius 1 is 1.50 bits per heavy atom. The highest BCUT2D eigenvalue weighted by molar-refractivity contribution is 5.95. The summed E-state index contributed by atoms with van der Waals surface area (Å²) in [6.07, 6.45) is 0.123. The maximum atomic E-state index is 12.1. The average Bonchev–Trinajstić information content (AvgIpc) is 2.34. The van der Waals surface area contributed by atoms with E-state index in [1.807, 2.05) is 0 Å². The molecule has 100 valence electrons. The Hall–Kier alpha value is -1.75. The molecule has 1 aromatic rings. The van der Waals surface area contributed by atoms with Crippen LogP contribution in [0.3, 0.4) is 0 Å². The lowest BCUT2D eigenvalue weighted by Crippen LogP contribution is -2.29. The number of nitrogens with zero attached hydrogens (tertiary/aromatic N) is 1. The number of carbonyl (C=O) groups excluding carboxylic acids is 1. The predicted octanol–water partition coefficient (Wildman–Crippen LogP) is 1.12. The van der Waals surface area contributed by atoms with Crippen LogP contribution < -0.4 is 10.5 Å². The number of amides is 1. The van der Waals surface area contributed by atoms with Crippen molar-refractivity contribution in [3.8, 4) is 5.75 Å². The van der Waals surface area contributed by atoms with Crippen LogP contribution >= 0.6 is 0 Å². The number of anilines is 1. The van der Waals surface area contributed by atoms with Crippen molar-refractivity contribution >= 4 is 11.6 Å². The first kappa shape index (κ1) is 14.3. The fourth-order valence-corrected chi connectivity index (χ4v) is 1.57. The van der Waals surface area contributed by atoms with Crippen molar-refractivity contribution in [1.29, 1.82) is 0 Å². The van der Waals surface area contributed by atoms with Crippen LogP contribution in [-0.2, 0) is 0 Å². The monoisotopic (exact) mass is 252 g/mol. The van der Waals surface area contributed by atoms with Crippen molar-refractivity contribution in [2.24, 2.45) is 0 Å². The van der Waals surface area contributed by atoms with Gasteiger partial charge in [-0.1, -0.05) is 0 Å². The maximum absolute atomic E-state index is 12.1. The van der Waals surface area contributed by atoms with Crippen LogP contribution in [0.15, 0.2) is 18.2 Å². The SMILES string of the molecule is COc1cc(N)cc(C(=O)N(C)CCC(C)O)c1. The summed E-state index contributed by atoms with van der Waals surface area (Å²) in [5.41, 5.74) is 6.68. The molecule has 0 fully saturated rings. The number of benzene rings is 1. The highest BCUT2D eigenvalue weighted by Gasteiger charge is 2.13. The number of aliphatic hydroxyl groups is 1. The minimum absolute atomic E-state index is 0.138. The lowest BCUT2D eigenvalue weighted by Gasteiger charge is -2.18. The Morgan fingerprint density at radius 3 is 2.72 bits per heavy atom. The van der Waals surface area contributed by atoms with Crippen LogP contribution in [0.5, 0.6) is 5.75 Å². The standard InChI is InChI=1S/C13H20N2O3/c1-9(16)4-5-15(2)13(17)10-6-11(14)8-12(7-10)18-3/h6-9,16H,4-5,14H2,1-3H3. The van der Waals surface area contributed by atoms with Crippen LogP contribution in [0.25, 0.3) is 0 Å². The summed E-state index contributed by atoms with van der Waals surface area (Å²) in [4.78, 5) is 13.7. The van der Waals surface area contributed by atoms with Gasteiger partial charge in [0.05, 0.1) is 13.2 Å². The second-order valence-electron chi connectivity index (χ2n) is 4.36. The molecule has 1 amide bonds. The van der Waals surface area contributed by atoms with Gasteiger partial charge in [-0.2, -0.15) is 0 Å². The number of nitrogens with two attached hydrogens (primary N) is 1.